The van der Waals surface area contributed by atoms with Crippen molar-refractivity contribution in [1.29, 1.82) is 0 Å². The molecule has 0 spiro atoms. The van der Waals surface area contributed by atoms with E-state index in [1.807, 2.05) is 0 Å². The summed E-state index contributed by atoms with van der Waals surface area (Å²) < 4.78 is 31.7. The van der Waals surface area contributed by atoms with Crippen LogP contribution in [-0.4, -0.2) is 7.11 Å². The lowest BCUT2D eigenvalue weighted by molar-refractivity contribution is 0.414. The standard InChI is InChI=1S/C14H13ClF2N2O/c1-20-13-6-8(2-3-12(13)15)14(19-18)9-4-10(16)7-11(17)5-9/h2-7,14,19H,18H2,1H3. The molecule has 0 saturated heterocycles. The van der Waals surface area contributed by atoms with Gasteiger partial charge in [-0.25, -0.2) is 14.2 Å². The summed E-state index contributed by atoms with van der Waals surface area (Å²) in [5, 5.41) is 0.442. The predicted molar refractivity (Wildman–Crippen MR) is 73.5 cm³/mol. The Morgan fingerprint density at radius 2 is 1.75 bits per heavy atom. The zero-order chi connectivity index (χ0) is 14.7. The fourth-order valence-corrected chi connectivity index (χ4v) is 2.18. The van der Waals surface area contributed by atoms with Crippen LogP contribution < -0.4 is 16.0 Å². The summed E-state index contributed by atoms with van der Waals surface area (Å²) in [6.07, 6.45) is 0. The lowest BCUT2D eigenvalue weighted by Crippen LogP contribution is -2.29. The first kappa shape index (κ1) is 14.7. The van der Waals surface area contributed by atoms with Gasteiger partial charge in [0.2, 0.25) is 0 Å². The van der Waals surface area contributed by atoms with Crippen molar-refractivity contribution in [2.75, 3.05) is 7.11 Å². The van der Waals surface area contributed by atoms with Gasteiger partial charge in [-0.3, -0.25) is 5.84 Å². The van der Waals surface area contributed by atoms with Crippen molar-refractivity contribution in [2.45, 2.75) is 6.04 Å². The number of methoxy groups -OCH3 is 1. The molecule has 6 heteroatoms. The SMILES string of the molecule is COc1cc(C(NN)c2cc(F)cc(F)c2)ccc1Cl. The zero-order valence-corrected chi connectivity index (χ0v) is 11.4. The summed E-state index contributed by atoms with van der Waals surface area (Å²) in [5.41, 5.74) is 3.58. The van der Waals surface area contributed by atoms with E-state index >= 15 is 0 Å². The summed E-state index contributed by atoms with van der Waals surface area (Å²) in [7, 11) is 1.48. The molecular formula is C14H13ClF2N2O. The molecule has 2 rings (SSSR count). The molecule has 3 nitrogen and oxygen atoms in total. The van der Waals surface area contributed by atoms with E-state index in [1.165, 1.54) is 19.2 Å². The topological polar surface area (TPSA) is 47.3 Å². The zero-order valence-electron chi connectivity index (χ0n) is 10.7. The molecule has 0 radical (unpaired) electrons. The summed E-state index contributed by atoms with van der Waals surface area (Å²) in [6, 6.07) is 7.67. The maximum Gasteiger partial charge on any atom is 0.137 e. The fraction of sp³-hybridized carbons (Fsp3) is 0.143. The number of hydrogen-bond donors (Lipinski definition) is 2. The number of hydrazine groups is 1. The Labute approximate surface area is 120 Å². The van der Waals surface area contributed by atoms with Crippen LogP contribution in [-0.2, 0) is 0 Å². The minimum Gasteiger partial charge on any atom is -0.495 e. The van der Waals surface area contributed by atoms with Crippen LogP contribution in [0.5, 0.6) is 5.75 Å². The molecule has 2 aromatic carbocycles. The maximum atomic E-state index is 13.3. The summed E-state index contributed by atoms with van der Waals surface area (Å²) >= 11 is 5.94. The highest BCUT2D eigenvalue weighted by Gasteiger charge is 2.16. The van der Waals surface area contributed by atoms with E-state index in [9.17, 15) is 8.78 Å². The molecule has 1 atom stereocenters. The molecule has 0 aliphatic heterocycles. The molecule has 0 fully saturated rings. The molecule has 0 aliphatic rings. The molecule has 3 N–H and O–H groups in total. The minimum absolute atomic E-state index is 0.370. The second-order valence-electron chi connectivity index (χ2n) is 4.20. The summed E-state index contributed by atoms with van der Waals surface area (Å²) in [5.74, 6) is 4.63. The first-order valence-electron chi connectivity index (χ1n) is 5.80. The van der Waals surface area contributed by atoms with Gasteiger partial charge in [-0.15, -0.1) is 0 Å². The Hall–Kier alpha value is -1.69. The Bertz CT molecular complexity index is 602. The predicted octanol–water partition coefficient (Wildman–Crippen LogP) is 3.18. The van der Waals surface area contributed by atoms with E-state index in [-0.39, 0.29) is 0 Å². The second-order valence-corrected chi connectivity index (χ2v) is 4.60. The quantitative estimate of drug-likeness (QED) is 0.673. The van der Waals surface area contributed by atoms with Gasteiger partial charge in [-0.05, 0) is 35.4 Å². The van der Waals surface area contributed by atoms with Gasteiger partial charge in [-0.2, -0.15) is 0 Å². The average molecular weight is 299 g/mol. The third-order valence-corrected chi connectivity index (χ3v) is 3.21. The van der Waals surface area contributed by atoms with Crippen LogP contribution in [0.3, 0.4) is 0 Å². The lowest BCUT2D eigenvalue weighted by atomic mass is 9.99. The van der Waals surface area contributed by atoms with Crippen molar-refractivity contribution in [1.82, 2.24) is 5.43 Å². The molecule has 106 valence electrons. The van der Waals surface area contributed by atoms with Crippen molar-refractivity contribution in [3.05, 3.63) is 64.2 Å². The second kappa shape index (κ2) is 6.17. The van der Waals surface area contributed by atoms with Crippen LogP contribution in [0, 0.1) is 11.6 Å². The molecule has 20 heavy (non-hydrogen) atoms. The highest BCUT2D eigenvalue weighted by Crippen LogP contribution is 2.30. The number of ether oxygens (including phenoxy) is 1. The molecule has 0 saturated carbocycles. The van der Waals surface area contributed by atoms with Gasteiger partial charge >= 0.3 is 0 Å². The van der Waals surface area contributed by atoms with Crippen LogP contribution in [0.4, 0.5) is 8.78 Å². The number of hydrogen-bond acceptors (Lipinski definition) is 3. The van der Waals surface area contributed by atoms with Gasteiger partial charge in [0.05, 0.1) is 18.2 Å². The van der Waals surface area contributed by atoms with Crippen molar-refractivity contribution in [2.24, 2.45) is 5.84 Å². The van der Waals surface area contributed by atoms with Gasteiger partial charge in [0.25, 0.3) is 0 Å². The van der Waals surface area contributed by atoms with E-state index < -0.39 is 17.7 Å². The molecule has 2 aromatic rings. The third kappa shape index (κ3) is 3.07. The number of benzene rings is 2. The largest absolute Gasteiger partial charge is 0.495 e. The number of nitrogens with one attached hydrogen (secondary N) is 1. The summed E-state index contributed by atoms with van der Waals surface area (Å²) in [4.78, 5) is 0. The van der Waals surface area contributed by atoms with Crippen LogP contribution in [0.2, 0.25) is 5.02 Å². The molecule has 0 heterocycles. The summed E-state index contributed by atoms with van der Waals surface area (Å²) in [6.45, 7) is 0. The molecule has 0 aromatic heterocycles. The maximum absolute atomic E-state index is 13.3. The van der Waals surface area contributed by atoms with Crippen molar-refractivity contribution < 1.29 is 13.5 Å². The Morgan fingerprint density at radius 1 is 1.10 bits per heavy atom. The van der Waals surface area contributed by atoms with Gasteiger partial charge in [0.15, 0.2) is 0 Å². The molecule has 0 amide bonds. The van der Waals surface area contributed by atoms with Gasteiger partial charge in [0.1, 0.15) is 17.4 Å². The Morgan fingerprint density at radius 3 is 2.30 bits per heavy atom. The lowest BCUT2D eigenvalue weighted by Gasteiger charge is -2.18. The van der Waals surface area contributed by atoms with Crippen LogP contribution in [0.15, 0.2) is 36.4 Å². The first-order valence-corrected chi connectivity index (χ1v) is 6.18. The molecule has 0 aliphatic carbocycles. The van der Waals surface area contributed by atoms with Crippen LogP contribution in [0.1, 0.15) is 17.2 Å². The van der Waals surface area contributed by atoms with Crippen molar-refractivity contribution >= 4 is 11.6 Å². The smallest absolute Gasteiger partial charge is 0.137 e. The Kier molecular flexibility index (Phi) is 4.54. The monoisotopic (exact) mass is 298 g/mol. The van der Waals surface area contributed by atoms with Gasteiger partial charge < -0.3 is 4.74 Å². The highest BCUT2D eigenvalue weighted by atomic mass is 35.5. The van der Waals surface area contributed by atoms with E-state index in [0.717, 1.165) is 6.07 Å². The molecule has 1 unspecified atom stereocenters. The van der Waals surface area contributed by atoms with Gasteiger partial charge in [-0.1, -0.05) is 17.7 Å². The van der Waals surface area contributed by atoms with E-state index in [2.05, 4.69) is 5.43 Å². The molecule has 0 bridgehead atoms. The van der Waals surface area contributed by atoms with Gasteiger partial charge in [0, 0.05) is 6.07 Å². The van der Waals surface area contributed by atoms with Crippen LogP contribution >= 0.6 is 11.6 Å². The van der Waals surface area contributed by atoms with E-state index in [0.29, 0.717) is 21.9 Å². The molecular weight excluding hydrogens is 286 g/mol. The normalized spacial score (nSPS) is 12.2. The number of nitrogens with two attached hydrogens (primary N) is 1. The number of halogens is 3. The Balaban J connectivity index is 2.46. The van der Waals surface area contributed by atoms with Crippen LogP contribution in [0.25, 0.3) is 0 Å². The van der Waals surface area contributed by atoms with E-state index in [4.69, 9.17) is 22.2 Å². The minimum atomic E-state index is -0.666. The highest BCUT2D eigenvalue weighted by molar-refractivity contribution is 6.32. The number of rotatable bonds is 4. The third-order valence-electron chi connectivity index (χ3n) is 2.89. The van der Waals surface area contributed by atoms with Crippen molar-refractivity contribution in [3.63, 3.8) is 0 Å². The van der Waals surface area contributed by atoms with E-state index in [1.54, 1.807) is 18.2 Å². The fourth-order valence-electron chi connectivity index (χ4n) is 1.98. The first-order chi connectivity index (χ1) is 9.55. The van der Waals surface area contributed by atoms with Crippen molar-refractivity contribution in [3.8, 4) is 5.75 Å². The average Bonchev–Trinajstić information content (AvgIpc) is 2.40.